The lowest BCUT2D eigenvalue weighted by Gasteiger charge is -2.15. The Bertz CT molecular complexity index is 786. The summed E-state index contributed by atoms with van der Waals surface area (Å²) in [6.45, 7) is 7.78. The molecule has 0 radical (unpaired) electrons. The van der Waals surface area contributed by atoms with Crippen molar-refractivity contribution in [3.8, 4) is 0 Å². The third-order valence-electron chi connectivity index (χ3n) is 2.96. The zero-order chi connectivity index (χ0) is 16.5. The monoisotopic (exact) mass is 454 g/mol. The molecule has 0 aliphatic rings. The van der Waals surface area contributed by atoms with Gasteiger partial charge in [0.15, 0.2) is 5.65 Å². The fraction of sp³-hybridized carbons (Fsp3) is 0.583. The van der Waals surface area contributed by atoms with E-state index in [1.807, 2.05) is 0 Å². The highest BCUT2D eigenvalue weighted by atomic mass is 127. The Morgan fingerprint density at radius 2 is 2.05 bits per heavy atom. The molecule has 0 aromatic carbocycles. The Morgan fingerprint density at radius 1 is 1.36 bits per heavy atom. The van der Waals surface area contributed by atoms with Crippen molar-refractivity contribution in [1.82, 2.24) is 19.7 Å². The summed E-state index contributed by atoms with van der Waals surface area (Å²) in [6, 6.07) is 1.06. The number of aromatic nitrogens is 4. The lowest BCUT2D eigenvalue weighted by atomic mass is 10.4. The van der Waals surface area contributed by atoms with E-state index in [4.69, 9.17) is 4.74 Å². The molecule has 0 atom stereocenters. The third-order valence-corrected chi connectivity index (χ3v) is 6.32. The van der Waals surface area contributed by atoms with Crippen LogP contribution < -0.4 is 0 Å². The lowest BCUT2D eigenvalue weighted by Crippen LogP contribution is -2.22. The highest BCUT2D eigenvalue weighted by molar-refractivity contribution is 14.1. The largest absolute Gasteiger partial charge is 0.359 e. The van der Waals surface area contributed by atoms with Crippen molar-refractivity contribution in [1.29, 1.82) is 0 Å². The molecule has 122 valence electrons. The van der Waals surface area contributed by atoms with Crippen LogP contribution in [0.1, 0.15) is 0 Å². The van der Waals surface area contributed by atoms with Gasteiger partial charge in [-0.05, 0) is 28.6 Å². The van der Waals surface area contributed by atoms with Crippen molar-refractivity contribution in [3.63, 3.8) is 0 Å². The van der Waals surface area contributed by atoms with E-state index in [1.54, 1.807) is 4.68 Å². The number of hydrogen-bond acceptors (Lipinski definition) is 6. The standard InChI is InChI=1S/C12H19IN4O3SSi/c1-21(18,19)12-14-7-9-10(13)16-17(11(9)15-12)8-20-5-6-22(2,3)4/h7H,5-6,8H2,1-4H3. The Hall–Kier alpha value is -0.593. The molecule has 22 heavy (non-hydrogen) atoms. The number of sulfone groups is 1. The first-order valence-corrected chi connectivity index (χ1v) is 13.4. The second kappa shape index (κ2) is 6.49. The molecular formula is C12H19IN4O3SSi. The molecule has 2 heterocycles. The van der Waals surface area contributed by atoms with Crippen molar-refractivity contribution in [2.75, 3.05) is 12.9 Å². The molecule has 0 aliphatic carbocycles. The molecule has 0 N–H and O–H groups in total. The van der Waals surface area contributed by atoms with Gasteiger partial charge in [-0.2, -0.15) is 10.1 Å². The zero-order valence-corrected chi connectivity index (χ0v) is 17.0. The van der Waals surface area contributed by atoms with Crippen LogP contribution in [0, 0.1) is 3.70 Å². The maximum Gasteiger partial charge on any atom is 0.248 e. The first kappa shape index (κ1) is 17.8. The Kier molecular flexibility index (Phi) is 5.24. The highest BCUT2D eigenvalue weighted by Crippen LogP contribution is 2.19. The van der Waals surface area contributed by atoms with Gasteiger partial charge in [0.05, 0.1) is 5.39 Å². The second-order valence-corrected chi connectivity index (χ2v) is 14.9. The molecule has 0 saturated carbocycles. The van der Waals surface area contributed by atoms with E-state index < -0.39 is 17.9 Å². The van der Waals surface area contributed by atoms with Crippen molar-refractivity contribution >= 4 is 51.5 Å². The predicted molar refractivity (Wildman–Crippen MR) is 95.3 cm³/mol. The van der Waals surface area contributed by atoms with Gasteiger partial charge in [-0.15, -0.1) is 0 Å². The van der Waals surface area contributed by atoms with Gasteiger partial charge in [0.1, 0.15) is 10.4 Å². The van der Waals surface area contributed by atoms with Crippen LogP contribution in [0.3, 0.4) is 0 Å². The number of ether oxygens (including phenoxy) is 1. The van der Waals surface area contributed by atoms with E-state index in [9.17, 15) is 8.42 Å². The number of nitrogens with zero attached hydrogens (tertiary/aromatic N) is 4. The molecule has 2 rings (SSSR count). The SMILES string of the molecule is C[Si](C)(C)CCOCn1nc(I)c2cnc(S(C)(=O)=O)nc21. The maximum absolute atomic E-state index is 11.6. The van der Waals surface area contributed by atoms with Gasteiger partial charge in [-0.1, -0.05) is 19.6 Å². The normalized spacial score (nSPS) is 13.0. The zero-order valence-electron chi connectivity index (χ0n) is 13.0. The van der Waals surface area contributed by atoms with Crippen LogP contribution in [0.4, 0.5) is 0 Å². The Labute approximate surface area is 144 Å². The van der Waals surface area contributed by atoms with Crippen LogP contribution in [0.5, 0.6) is 0 Å². The molecule has 0 aliphatic heterocycles. The van der Waals surface area contributed by atoms with Gasteiger partial charge in [-0.25, -0.2) is 18.1 Å². The molecule has 10 heteroatoms. The quantitative estimate of drug-likeness (QED) is 0.288. The molecule has 0 saturated heterocycles. The van der Waals surface area contributed by atoms with Crippen LogP contribution in [0.15, 0.2) is 11.4 Å². The minimum absolute atomic E-state index is 0.195. The summed E-state index contributed by atoms with van der Waals surface area (Å²) < 4.78 is 31.1. The van der Waals surface area contributed by atoms with Crippen LogP contribution in [0.25, 0.3) is 11.0 Å². The molecule has 0 bridgehead atoms. The van der Waals surface area contributed by atoms with E-state index >= 15 is 0 Å². The van der Waals surface area contributed by atoms with Gasteiger partial charge in [0.25, 0.3) is 0 Å². The van der Waals surface area contributed by atoms with Crippen LogP contribution in [-0.2, 0) is 21.3 Å². The van der Waals surface area contributed by atoms with E-state index in [2.05, 4.69) is 57.3 Å². The second-order valence-electron chi connectivity index (χ2n) is 6.30. The van der Waals surface area contributed by atoms with Gasteiger partial charge < -0.3 is 4.74 Å². The minimum atomic E-state index is -3.45. The predicted octanol–water partition coefficient (Wildman–Crippen LogP) is 2.15. The first-order chi connectivity index (χ1) is 10.1. The first-order valence-electron chi connectivity index (χ1n) is 6.75. The average Bonchev–Trinajstić information content (AvgIpc) is 2.69. The van der Waals surface area contributed by atoms with Crippen LogP contribution >= 0.6 is 22.6 Å². The molecule has 0 spiro atoms. The minimum Gasteiger partial charge on any atom is -0.359 e. The van der Waals surface area contributed by atoms with Gasteiger partial charge in [-0.3, -0.25) is 0 Å². The number of rotatable bonds is 6. The van der Waals surface area contributed by atoms with E-state index in [0.717, 1.165) is 21.4 Å². The van der Waals surface area contributed by atoms with Crippen molar-refractivity contribution in [2.24, 2.45) is 0 Å². The van der Waals surface area contributed by atoms with Crippen molar-refractivity contribution in [3.05, 3.63) is 9.90 Å². The summed E-state index contributed by atoms with van der Waals surface area (Å²) in [5, 5.41) is 4.87. The summed E-state index contributed by atoms with van der Waals surface area (Å²) >= 11 is 2.08. The topological polar surface area (TPSA) is 87.0 Å². The molecule has 2 aromatic rings. The van der Waals surface area contributed by atoms with E-state index in [-0.39, 0.29) is 11.9 Å². The smallest absolute Gasteiger partial charge is 0.248 e. The fourth-order valence-corrected chi connectivity index (χ4v) is 3.60. The average molecular weight is 454 g/mol. The summed E-state index contributed by atoms with van der Waals surface area (Å²) in [4.78, 5) is 8.01. The van der Waals surface area contributed by atoms with E-state index in [1.165, 1.54) is 6.20 Å². The molecule has 0 amide bonds. The lowest BCUT2D eigenvalue weighted by molar-refractivity contribution is 0.0809. The summed E-state index contributed by atoms with van der Waals surface area (Å²) in [5.41, 5.74) is 0.479. The highest BCUT2D eigenvalue weighted by Gasteiger charge is 2.17. The van der Waals surface area contributed by atoms with Gasteiger partial charge in [0, 0.05) is 27.1 Å². The maximum atomic E-state index is 11.6. The summed E-state index contributed by atoms with van der Waals surface area (Å²) in [6.07, 6.45) is 2.58. The molecule has 0 unspecified atom stereocenters. The summed E-state index contributed by atoms with van der Waals surface area (Å²) in [7, 11) is -4.59. The van der Waals surface area contributed by atoms with E-state index in [0.29, 0.717) is 12.3 Å². The summed E-state index contributed by atoms with van der Waals surface area (Å²) in [5.74, 6) is 0. The van der Waals surface area contributed by atoms with Crippen LogP contribution in [0.2, 0.25) is 25.7 Å². The number of hydrogen-bond donors (Lipinski definition) is 0. The molecule has 0 fully saturated rings. The van der Waals surface area contributed by atoms with Crippen LogP contribution in [-0.4, -0.2) is 49.1 Å². The van der Waals surface area contributed by atoms with Crippen molar-refractivity contribution in [2.45, 2.75) is 37.6 Å². The Morgan fingerprint density at radius 3 is 2.64 bits per heavy atom. The van der Waals surface area contributed by atoms with Gasteiger partial charge in [0.2, 0.25) is 15.0 Å². The van der Waals surface area contributed by atoms with Gasteiger partial charge >= 0.3 is 0 Å². The van der Waals surface area contributed by atoms with Crippen molar-refractivity contribution < 1.29 is 13.2 Å². The molecular weight excluding hydrogens is 435 g/mol. The molecule has 7 nitrogen and oxygen atoms in total. The Balaban J connectivity index is 2.22. The number of halogens is 1. The third kappa shape index (κ3) is 4.46. The number of fused-ring (bicyclic) bond motifs is 1. The molecule has 2 aromatic heterocycles. The fourth-order valence-electron chi connectivity index (χ4n) is 1.70.